The van der Waals surface area contributed by atoms with Gasteiger partial charge in [0.25, 0.3) is 20.2 Å². The van der Waals surface area contributed by atoms with Gasteiger partial charge in [0.1, 0.15) is 22.0 Å². The smallest absolute Gasteiger partial charge is 0.295 e. The zero-order chi connectivity index (χ0) is 35.1. The first-order valence-electron chi connectivity index (χ1n) is 13.5. The Kier molecular flexibility index (Phi) is 8.92. The Morgan fingerprint density at radius 3 is 2.00 bits per heavy atom. The normalized spacial score (nSPS) is 12.6. The van der Waals surface area contributed by atoms with Crippen LogP contribution in [0.2, 0.25) is 0 Å². The van der Waals surface area contributed by atoms with Crippen LogP contribution < -0.4 is 0 Å². The van der Waals surface area contributed by atoms with Gasteiger partial charge >= 0.3 is 0 Å². The Morgan fingerprint density at radius 1 is 0.612 bits per heavy atom. The van der Waals surface area contributed by atoms with E-state index in [4.69, 9.17) is 5.26 Å². The van der Waals surface area contributed by atoms with Crippen molar-refractivity contribution in [1.29, 1.82) is 0 Å². The number of hydrogen-bond acceptors (Lipinski definition) is 15. The maximum Gasteiger partial charge on any atom is 0.295 e. The Morgan fingerprint density at radius 2 is 1.31 bits per heavy atom. The third-order valence-electron chi connectivity index (χ3n) is 7.19. The van der Waals surface area contributed by atoms with E-state index in [0.717, 1.165) is 18.2 Å². The molecule has 49 heavy (non-hydrogen) atoms. The number of azo groups is 2. The molecule has 0 saturated carbocycles. The fourth-order valence-electron chi connectivity index (χ4n) is 5.00. The molecule has 6 N–H and O–H groups in total. The van der Waals surface area contributed by atoms with Crippen LogP contribution in [0.15, 0.2) is 120 Å². The SMILES string of the molecule is O=S(=O)(O)c1ccc2c(N=Nc3ccc4cc(SOOO)cc(S(=O)(=O)O)c4c3)c(O)c(O)c(N=Nc3ccc(O)c4ccccc34)c2c1. The van der Waals surface area contributed by atoms with Crippen molar-refractivity contribution < 1.29 is 55.9 Å². The molecule has 19 heteroatoms. The van der Waals surface area contributed by atoms with Crippen LogP contribution in [0.1, 0.15) is 0 Å². The maximum atomic E-state index is 12.2. The van der Waals surface area contributed by atoms with E-state index in [1.54, 1.807) is 24.3 Å². The summed E-state index contributed by atoms with van der Waals surface area (Å²) in [6, 6.07) is 19.4. The van der Waals surface area contributed by atoms with E-state index in [1.807, 2.05) is 0 Å². The van der Waals surface area contributed by atoms with Crippen LogP contribution in [-0.4, -0.2) is 46.5 Å². The lowest BCUT2D eigenvalue weighted by Gasteiger charge is -2.11. The van der Waals surface area contributed by atoms with Gasteiger partial charge in [-0.05, 0) is 53.9 Å². The molecule has 0 spiro atoms. The fourth-order valence-corrected chi connectivity index (χ4v) is 6.76. The molecule has 0 aliphatic heterocycles. The second-order valence-electron chi connectivity index (χ2n) is 10.2. The van der Waals surface area contributed by atoms with Gasteiger partial charge in [-0.25, -0.2) is 5.26 Å². The summed E-state index contributed by atoms with van der Waals surface area (Å²) in [4.78, 5) is -0.957. The summed E-state index contributed by atoms with van der Waals surface area (Å²) >= 11 is 0.469. The van der Waals surface area contributed by atoms with Crippen LogP contribution in [0.5, 0.6) is 17.2 Å². The summed E-state index contributed by atoms with van der Waals surface area (Å²) < 4.78 is 72.3. The third-order valence-corrected chi connectivity index (χ3v) is 9.49. The zero-order valence-electron chi connectivity index (χ0n) is 24.2. The quantitative estimate of drug-likeness (QED) is 0.0206. The summed E-state index contributed by atoms with van der Waals surface area (Å²) in [6.45, 7) is 0. The van der Waals surface area contributed by atoms with E-state index in [2.05, 4.69) is 29.8 Å². The molecule has 6 rings (SSSR count). The molecule has 0 amide bonds. The highest BCUT2D eigenvalue weighted by molar-refractivity contribution is 7.94. The maximum absolute atomic E-state index is 12.2. The summed E-state index contributed by atoms with van der Waals surface area (Å²) in [7, 11) is -9.53. The fraction of sp³-hybridized carbons (Fsp3) is 0. The Balaban J connectivity index is 1.50. The molecule has 6 aromatic carbocycles. The summed E-state index contributed by atoms with van der Waals surface area (Å²) in [5.41, 5.74) is -0.457. The van der Waals surface area contributed by atoms with Crippen molar-refractivity contribution in [2.75, 3.05) is 0 Å². The van der Waals surface area contributed by atoms with Crippen molar-refractivity contribution in [2.45, 2.75) is 14.7 Å². The largest absolute Gasteiger partial charge is 0.507 e. The van der Waals surface area contributed by atoms with Crippen molar-refractivity contribution in [1.82, 2.24) is 0 Å². The molecule has 0 saturated heterocycles. The number of benzene rings is 6. The third kappa shape index (κ3) is 6.72. The van der Waals surface area contributed by atoms with E-state index < -0.39 is 41.5 Å². The van der Waals surface area contributed by atoms with E-state index in [0.29, 0.717) is 28.2 Å². The highest BCUT2D eigenvalue weighted by Gasteiger charge is 2.22. The second-order valence-corrected chi connectivity index (χ2v) is 13.7. The second kappa shape index (κ2) is 13.0. The van der Waals surface area contributed by atoms with Crippen molar-refractivity contribution in [3.63, 3.8) is 0 Å². The van der Waals surface area contributed by atoms with Gasteiger partial charge in [-0.15, -0.1) is 19.7 Å². The van der Waals surface area contributed by atoms with Gasteiger partial charge in [-0.3, -0.25) is 9.11 Å². The van der Waals surface area contributed by atoms with E-state index in [1.165, 1.54) is 42.5 Å². The summed E-state index contributed by atoms with van der Waals surface area (Å²) in [6.07, 6.45) is 0. The molecule has 0 bridgehead atoms. The van der Waals surface area contributed by atoms with Crippen LogP contribution in [0, 0.1) is 0 Å². The van der Waals surface area contributed by atoms with Crippen molar-refractivity contribution in [3.8, 4) is 17.2 Å². The number of phenols is 3. The van der Waals surface area contributed by atoms with Crippen LogP contribution in [0.3, 0.4) is 0 Å². The van der Waals surface area contributed by atoms with Crippen molar-refractivity contribution in [3.05, 3.63) is 84.9 Å². The number of phenolic OH excluding ortho intramolecular Hbond substituents is 3. The minimum absolute atomic E-state index is 0.0138. The molecule has 16 nitrogen and oxygen atoms in total. The molecular weight excluding hydrogens is 705 g/mol. The van der Waals surface area contributed by atoms with E-state index in [-0.39, 0.29) is 49.6 Å². The number of nitrogens with zero attached hydrogens (tertiary/aromatic N) is 4. The Bertz CT molecular complexity index is 2600. The minimum atomic E-state index is -4.78. The predicted octanol–water partition coefficient (Wildman–Crippen LogP) is 8.02. The Hall–Kier alpha value is -5.25. The molecule has 0 aliphatic rings. The molecule has 6 aromatic rings. The molecule has 0 heterocycles. The Labute approximate surface area is 279 Å². The van der Waals surface area contributed by atoms with Crippen LogP contribution in [0.25, 0.3) is 32.3 Å². The summed E-state index contributed by atoms with van der Waals surface area (Å²) in [5.74, 6) is -1.71. The topological polar surface area (TPSA) is 258 Å². The van der Waals surface area contributed by atoms with Gasteiger partial charge < -0.3 is 15.3 Å². The monoisotopic (exact) mass is 724 g/mol. The summed E-state index contributed by atoms with van der Waals surface area (Å²) in [5, 5.41) is 61.8. The minimum Gasteiger partial charge on any atom is -0.507 e. The van der Waals surface area contributed by atoms with Gasteiger partial charge in [0.05, 0.1) is 28.3 Å². The molecule has 0 aliphatic carbocycles. The standard InChI is InChI=1S/C30H20N4O12S3/c35-25-10-9-24(19-3-1-2-4-20(19)25)32-34-28-23-14-18(48(39,40)41)7-8-21(23)27(29(36)30(28)37)33-31-16-6-5-15-11-17(47-46-45-38)13-26(22(15)12-16)49(42,43)44/h1-14,35-38H,(H,39,40,41)(H,42,43,44). The van der Waals surface area contributed by atoms with Crippen molar-refractivity contribution >= 4 is 87.3 Å². The number of hydrogen-bond donors (Lipinski definition) is 6. The average molecular weight is 725 g/mol. The average Bonchev–Trinajstić information content (AvgIpc) is 3.07. The van der Waals surface area contributed by atoms with Gasteiger partial charge in [0.2, 0.25) is 0 Å². The molecule has 0 fully saturated rings. The van der Waals surface area contributed by atoms with Crippen molar-refractivity contribution in [2.24, 2.45) is 20.5 Å². The van der Waals surface area contributed by atoms with Gasteiger partial charge in [-0.1, -0.05) is 41.4 Å². The zero-order valence-corrected chi connectivity index (χ0v) is 26.7. The lowest BCUT2D eigenvalue weighted by Crippen LogP contribution is -1.99. The van der Waals surface area contributed by atoms with Gasteiger partial charge in [-0.2, -0.15) is 21.9 Å². The van der Waals surface area contributed by atoms with Crippen LogP contribution in [0.4, 0.5) is 22.7 Å². The number of rotatable bonds is 9. The molecule has 0 unspecified atom stereocenters. The highest BCUT2D eigenvalue weighted by atomic mass is 32.2. The van der Waals surface area contributed by atoms with Crippen LogP contribution >= 0.6 is 12.0 Å². The van der Waals surface area contributed by atoms with Crippen LogP contribution in [-0.2, 0) is 29.6 Å². The van der Waals surface area contributed by atoms with E-state index in [9.17, 15) is 41.3 Å². The lowest BCUT2D eigenvalue weighted by atomic mass is 10.1. The van der Waals surface area contributed by atoms with E-state index >= 15 is 0 Å². The molecule has 0 aromatic heterocycles. The first kappa shape index (κ1) is 33.6. The molecule has 0 atom stereocenters. The highest BCUT2D eigenvalue weighted by Crippen LogP contribution is 2.51. The molecule has 250 valence electrons. The molecular formula is C30H20N4O12S3. The number of fused-ring (bicyclic) bond motifs is 3. The van der Waals surface area contributed by atoms with Gasteiger partial charge in [0, 0.05) is 31.8 Å². The predicted molar refractivity (Wildman–Crippen MR) is 175 cm³/mol. The lowest BCUT2D eigenvalue weighted by molar-refractivity contribution is -0.432. The molecule has 0 radical (unpaired) electrons. The number of aromatic hydroxyl groups is 3. The van der Waals surface area contributed by atoms with Gasteiger partial charge in [0.15, 0.2) is 11.5 Å². The first-order chi connectivity index (χ1) is 23.3. The first-order valence-corrected chi connectivity index (χ1v) is 17.1.